The summed E-state index contributed by atoms with van der Waals surface area (Å²) in [6.45, 7) is 3.79. The Balaban J connectivity index is 2.03. The van der Waals surface area contributed by atoms with E-state index in [1.165, 1.54) is 22.2 Å². The lowest BCUT2D eigenvalue weighted by Gasteiger charge is -2.06. The number of benzene rings is 1. The molecule has 4 nitrogen and oxygen atoms in total. The fourth-order valence-corrected chi connectivity index (χ4v) is 3.54. The van der Waals surface area contributed by atoms with Crippen LogP contribution in [0.2, 0.25) is 5.02 Å². The van der Waals surface area contributed by atoms with E-state index in [1.54, 1.807) is 24.3 Å². The molecule has 0 amide bonds. The third-order valence-electron chi connectivity index (χ3n) is 3.64. The van der Waals surface area contributed by atoms with Gasteiger partial charge in [0, 0.05) is 10.4 Å². The molecular weight excluding hydrogens is 320 g/mol. The summed E-state index contributed by atoms with van der Waals surface area (Å²) >= 11 is 7.52. The number of carbonyl (C=O) groups is 1. The fraction of sp³-hybridized carbons (Fsp3) is 0.188. The Morgan fingerprint density at radius 1 is 1.32 bits per heavy atom. The molecular formula is C16H13ClN2O2S. The van der Waals surface area contributed by atoms with Crippen LogP contribution in [0, 0.1) is 13.8 Å². The van der Waals surface area contributed by atoms with Gasteiger partial charge in [0.15, 0.2) is 5.78 Å². The van der Waals surface area contributed by atoms with Crippen LogP contribution in [0.15, 0.2) is 35.4 Å². The summed E-state index contributed by atoms with van der Waals surface area (Å²) in [7, 11) is 0. The van der Waals surface area contributed by atoms with Gasteiger partial charge in [-0.15, -0.1) is 11.3 Å². The Morgan fingerprint density at radius 3 is 2.77 bits per heavy atom. The fourth-order valence-electron chi connectivity index (χ4n) is 2.31. The van der Waals surface area contributed by atoms with Crippen molar-refractivity contribution in [2.45, 2.75) is 20.4 Å². The van der Waals surface area contributed by atoms with Crippen LogP contribution in [0.4, 0.5) is 0 Å². The van der Waals surface area contributed by atoms with Crippen molar-refractivity contribution in [1.29, 1.82) is 0 Å². The van der Waals surface area contributed by atoms with E-state index in [9.17, 15) is 9.59 Å². The van der Waals surface area contributed by atoms with E-state index >= 15 is 0 Å². The van der Waals surface area contributed by atoms with Crippen molar-refractivity contribution in [3.8, 4) is 0 Å². The molecule has 0 bridgehead atoms. The molecule has 0 aliphatic rings. The molecule has 22 heavy (non-hydrogen) atoms. The maximum atomic E-state index is 12.6. The number of aromatic nitrogens is 2. The van der Waals surface area contributed by atoms with Crippen LogP contribution in [0.3, 0.4) is 0 Å². The molecule has 6 heteroatoms. The van der Waals surface area contributed by atoms with Crippen LogP contribution in [0.1, 0.15) is 20.8 Å². The molecule has 0 aliphatic heterocycles. The quantitative estimate of drug-likeness (QED) is 0.688. The molecule has 0 saturated carbocycles. The molecule has 2 aromatic heterocycles. The molecule has 0 aliphatic carbocycles. The van der Waals surface area contributed by atoms with E-state index in [0.717, 1.165) is 10.4 Å². The van der Waals surface area contributed by atoms with Crippen LogP contribution >= 0.6 is 22.9 Å². The zero-order chi connectivity index (χ0) is 15.9. The second-order valence-corrected chi connectivity index (χ2v) is 6.65. The van der Waals surface area contributed by atoms with E-state index in [0.29, 0.717) is 20.8 Å². The average molecular weight is 333 g/mol. The van der Waals surface area contributed by atoms with Gasteiger partial charge in [0.2, 0.25) is 0 Å². The number of Topliss-reactive ketones (excluding diaryl/α,β-unsaturated/α-hetero) is 1. The van der Waals surface area contributed by atoms with Crippen LogP contribution in [0.5, 0.6) is 0 Å². The number of hydrogen-bond donors (Lipinski definition) is 0. The maximum absolute atomic E-state index is 12.6. The third kappa shape index (κ3) is 2.46. The summed E-state index contributed by atoms with van der Waals surface area (Å²) in [6.07, 6.45) is 1.43. The topological polar surface area (TPSA) is 52.0 Å². The molecule has 0 N–H and O–H groups in total. The molecule has 2 heterocycles. The van der Waals surface area contributed by atoms with Crippen molar-refractivity contribution in [3.05, 3.63) is 62.0 Å². The number of rotatable bonds is 3. The predicted molar refractivity (Wildman–Crippen MR) is 89.1 cm³/mol. The monoisotopic (exact) mass is 332 g/mol. The Labute approximate surface area is 136 Å². The Hall–Kier alpha value is -1.98. The number of hydrogen-bond acceptors (Lipinski definition) is 4. The highest BCUT2D eigenvalue weighted by Crippen LogP contribution is 2.25. The van der Waals surface area contributed by atoms with E-state index in [4.69, 9.17) is 11.6 Å². The van der Waals surface area contributed by atoms with Crippen molar-refractivity contribution in [1.82, 2.24) is 9.55 Å². The average Bonchev–Trinajstić information content (AvgIpc) is 2.78. The highest BCUT2D eigenvalue weighted by atomic mass is 35.5. The highest BCUT2D eigenvalue weighted by molar-refractivity contribution is 7.18. The van der Waals surface area contributed by atoms with E-state index in [2.05, 4.69) is 4.98 Å². The number of ketones is 1. The molecule has 0 atom stereocenters. The Kier molecular flexibility index (Phi) is 3.85. The second-order valence-electron chi connectivity index (χ2n) is 5.04. The molecule has 3 rings (SSSR count). The van der Waals surface area contributed by atoms with Crippen molar-refractivity contribution in [2.75, 3.05) is 0 Å². The summed E-state index contributed by atoms with van der Waals surface area (Å²) in [5.74, 6) is -0.210. The number of fused-ring (bicyclic) bond motifs is 1. The zero-order valence-electron chi connectivity index (χ0n) is 12.1. The highest BCUT2D eigenvalue weighted by Gasteiger charge is 2.15. The zero-order valence-corrected chi connectivity index (χ0v) is 13.7. The molecule has 0 unspecified atom stereocenters. The van der Waals surface area contributed by atoms with E-state index in [1.807, 2.05) is 13.8 Å². The molecule has 0 spiro atoms. The van der Waals surface area contributed by atoms with Gasteiger partial charge in [-0.05, 0) is 31.5 Å². The number of aryl methyl sites for hydroxylation is 2. The van der Waals surface area contributed by atoms with E-state index < -0.39 is 0 Å². The van der Waals surface area contributed by atoms with Gasteiger partial charge in [-0.25, -0.2) is 4.98 Å². The van der Waals surface area contributed by atoms with Crippen LogP contribution < -0.4 is 5.56 Å². The summed E-state index contributed by atoms with van der Waals surface area (Å²) in [6, 6.07) is 6.82. The molecule has 0 saturated heterocycles. The minimum Gasteiger partial charge on any atom is -0.292 e. The van der Waals surface area contributed by atoms with Gasteiger partial charge >= 0.3 is 0 Å². The lowest BCUT2D eigenvalue weighted by atomic mass is 10.1. The van der Waals surface area contributed by atoms with Crippen molar-refractivity contribution < 1.29 is 4.79 Å². The standard InChI is InChI=1S/C16H13ClN2O2S/c1-9-10(2)22-15-14(9)16(21)19(8-18-15)7-13(20)11-5-3-4-6-12(11)17/h3-6,8H,7H2,1-2H3. The third-order valence-corrected chi connectivity index (χ3v) is 5.09. The molecule has 0 radical (unpaired) electrons. The molecule has 112 valence electrons. The predicted octanol–water partition coefficient (Wildman–Crippen LogP) is 3.61. The minimum atomic E-state index is -0.210. The summed E-state index contributed by atoms with van der Waals surface area (Å²) in [4.78, 5) is 31.0. The lowest BCUT2D eigenvalue weighted by molar-refractivity contribution is 0.0971. The van der Waals surface area contributed by atoms with Crippen LogP contribution in [-0.2, 0) is 6.54 Å². The van der Waals surface area contributed by atoms with Gasteiger partial charge in [-0.3, -0.25) is 14.2 Å². The number of halogens is 1. The number of nitrogens with zero attached hydrogens (tertiary/aromatic N) is 2. The first-order valence-electron chi connectivity index (χ1n) is 6.72. The van der Waals surface area contributed by atoms with Gasteiger partial charge in [0.05, 0.1) is 23.3 Å². The molecule has 1 aromatic carbocycles. The van der Waals surface area contributed by atoms with Crippen molar-refractivity contribution >= 4 is 38.9 Å². The van der Waals surface area contributed by atoms with Gasteiger partial charge < -0.3 is 0 Å². The first kappa shape index (κ1) is 14.9. The van der Waals surface area contributed by atoms with Crippen molar-refractivity contribution in [3.63, 3.8) is 0 Å². The Morgan fingerprint density at radius 2 is 2.05 bits per heavy atom. The molecule has 0 fully saturated rings. The lowest BCUT2D eigenvalue weighted by Crippen LogP contribution is -2.24. The minimum absolute atomic E-state index is 0.0696. The van der Waals surface area contributed by atoms with Gasteiger partial charge in [-0.1, -0.05) is 23.7 Å². The summed E-state index contributed by atoms with van der Waals surface area (Å²) < 4.78 is 1.34. The first-order valence-corrected chi connectivity index (χ1v) is 7.91. The Bertz CT molecular complexity index is 943. The maximum Gasteiger partial charge on any atom is 0.262 e. The second kappa shape index (κ2) is 5.66. The van der Waals surface area contributed by atoms with Gasteiger partial charge in [-0.2, -0.15) is 0 Å². The summed E-state index contributed by atoms with van der Waals surface area (Å²) in [5, 5.41) is 0.981. The van der Waals surface area contributed by atoms with Crippen LogP contribution in [0.25, 0.3) is 10.2 Å². The van der Waals surface area contributed by atoms with Gasteiger partial charge in [0.1, 0.15) is 4.83 Å². The summed E-state index contributed by atoms with van der Waals surface area (Å²) in [5.41, 5.74) is 1.15. The number of carbonyl (C=O) groups excluding carboxylic acids is 1. The van der Waals surface area contributed by atoms with Gasteiger partial charge in [0.25, 0.3) is 5.56 Å². The SMILES string of the molecule is Cc1sc2ncn(CC(=O)c3ccccc3Cl)c(=O)c2c1C. The first-order chi connectivity index (χ1) is 10.5. The van der Waals surface area contributed by atoms with Crippen molar-refractivity contribution in [2.24, 2.45) is 0 Å². The van der Waals surface area contributed by atoms with E-state index in [-0.39, 0.29) is 17.9 Å². The normalized spacial score (nSPS) is 11.0. The van der Waals surface area contributed by atoms with Crippen LogP contribution in [-0.4, -0.2) is 15.3 Å². The largest absolute Gasteiger partial charge is 0.292 e. The molecule has 3 aromatic rings. The smallest absolute Gasteiger partial charge is 0.262 e. The number of thiophene rings is 1.